The molecule has 1 aliphatic rings. The van der Waals surface area contributed by atoms with E-state index in [9.17, 15) is 9.90 Å². The summed E-state index contributed by atoms with van der Waals surface area (Å²) in [6.45, 7) is 9.69. The van der Waals surface area contributed by atoms with Crippen molar-refractivity contribution < 1.29 is 19.4 Å². The molecule has 0 bridgehead atoms. The summed E-state index contributed by atoms with van der Waals surface area (Å²) in [6.07, 6.45) is 2.62. The van der Waals surface area contributed by atoms with Gasteiger partial charge in [-0.3, -0.25) is 4.79 Å². The van der Waals surface area contributed by atoms with Crippen molar-refractivity contribution in [2.75, 3.05) is 7.11 Å². The molecule has 0 amide bonds. The first-order valence-corrected chi connectivity index (χ1v) is 7.16. The summed E-state index contributed by atoms with van der Waals surface area (Å²) in [6, 6.07) is 0. The van der Waals surface area contributed by atoms with Gasteiger partial charge < -0.3 is 14.6 Å². The molecule has 0 saturated carbocycles. The van der Waals surface area contributed by atoms with Crippen LogP contribution in [0.4, 0.5) is 0 Å². The minimum atomic E-state index is -0.856. The summed E-state index contributed by atoms with van der Waals surface area (Å²) >= 11 is 0. The lowest BCUT2D eigenvalue weighted by atomic mass is 9.70. The first-order chi connectivity index (χ1) is 8.65. The summed E-state index contributed by atoms with van der Waals surface area (Å²) in [7, 11) is 1.40. The van der Waals surface area contributed by atoms with Crippen LogP contribution in [0.1, 0.15) is 60.3 Å². The van der Waals surface area contributed by atoms with Crippen LogP contribution in [0.15, 0.2) is 0 Å². The fraction of sp³-hybridized carbons (Fsp3) is 0.933. The number of esters is 1. The van der Waals surface area contributed by atoms with Gasteiger partial charge in [-0.15, -0.1) is 0 Å². The standard InChI is InChI=1S/C15H28O4/c1-7-15(17,8-2)14(5)10-9-11(12(16)18-6)13(3,4)19-14/h11,17H,7-10H2,1-6H3/t11-,14-/m0/s1. The van der Waals surface area contributed by atoms with Gasteiger partial charge in [0, 0.05) is 0 Å². The normalized spacial score (nSPS) is 31.0. The first kappa shape index (κ1) is 16.4. The molecule has 0 aromatic carbocycles. The van der Waals surface area contributed by atoms with E-state index in [1.165, 1.54) is 7.11 Å². The average molecular weight is 272 g/mol. The van der Waals surface area contributed by atoms with Crippen molar-refractivity contribution >= 4 is 5.97 Å². The van der Waals surface area contributed by atoms with Gasteiger partial charge in [0.1, 0.15) is 0 Å². The maximum Gasteiger partial charge on any atom is 0.311 e. The Bertz CT molecular complexity index is 333. The number of methoxy groups -OCH3 is 1. The predicted molar refractivity (Wildman–Crippen MR) is 73.8 cm³/mol. The SMILES string of the molecule is CCC(O)(CC)[C@]1(C)CC[C@@H](C(=O)OC)C(C)(C)O1. The lowest BCUT2D eigenvalue weighted by Gasteiger charge is -2.53. The molecular formula is C15H28O4. The second-order valence-electron chi connectivity index (χ2n) is 6.29. The third-order valence-corrected chi connectivity index (χ3v) is 4.88. The van der Waals surface area contributed by atoms with E-state index >= 15 is 0 Å². The average Bonchev–Trinajstić information content (AvgIpc) is 2.35. The number of hydrogen-bond donors (Lipinski definition) is 1. The monoisotopic (exact) mass is 272 g/mol. The molecule has 0 aliphatic carbocycles. The van der Waals surface area contributed by atoms with Crippen molar-refractivity contribution in [1.82, 2.24) is 0 Å². The summed E-state index contributed by atoms with van der Waals surface area (Å²) in [5, 5.41) is 10.8. The number of carbonyl (C=O) groups excluding carboxylic acids is 1. The van der Waals surface area contributed by atoms with Crippen LogP contribution in [0.2, 0.25) is 0 Å². The molecule has 19 heavy (non-hydrogen) atoms. The van der Waals surface area contributed by atoms with E-state index in [-0.39, 0.29) is 11.9 Å². The van der Waals surface area contributed by atoms with Gasteiger partial charge in [-0.25, -0.2) is 0 Å². The van der Waals surface area contributed by atoms with Gasteiger partial charge in [0.2, 0.25) is 0 Å². The van der Waals surface area contributed by atoms with Crippen LogP contribution in [0.25, 0.3) is 0 Å². The van der Waals surface area contributed by atoms with Gasteiger partial charge in [-0.05, 0) is 46.5 Å². The Balaban J connectivity index is 3.00. The van der Waals surface area contributed by atoms with E-state index in [4.69, 9.17) is 9.47 Å². The van der Waals surface area contributed by atoms with E-state index < -0.39 is 16.8 Å². The smallest absolute Gasteiger partial charge is 0.311 e. The zero-order chi connectivity index (χ0) is 14.9. The highest BCUT2D eigenvalue weighted by Crippen LogP contribution is 2.46. The van der Waals surface area contributed by atoms with Gasteiger partial charge in [0.25, 0.3) is 0 Å². The molecule has 1 N–H and O–H groups in total. The fourth-order valence-corrected chi connectivity index (χ4v) is 3.34. The Morgan fingerprint density at radius 2 is 1.89 bits per heavy atom. The number of aliphatic hydroxyl groups is 1. The van der Waals surface area contributed by atoms with Crippen LogP contribution in [-0.2, 0) is 14.3 Å². The number of carbonyl (C=O) groups is 1. The third kappa shape index (κ3) is 2.79. The molecule has 112 valence electrons. The highest BCUT2D eigenvalue weighted by molar-refractivity contribution is 5.73. The molecule has 0 radical (unpaired) electrons. The van der Waals surface area contributed by atoms with Crippen LogP contribution < -0.4 is 0 Å². The van der Waals surface area contributed by atoms with Crippen molar-refractivity contribution in [1.29, 1.82) is 0 Å². The minimum Gasteiger partial charge on any atom is -0.469 e. The van der Waals surface area contributed by atoms with Crippen molar-refractivity contribution in [3.63, 3.8) is 0 Å². The maximum absolute atomic E-state index is 11.8. The topological polar surface area (TPSA) is 55.8 Å². The van der Waals surface area contributed by atoms with Gasteiger partial charge in [-0.1, -0.05) is 13.8 Å². The molecular weight excluding hydrogens is 244 g/mol. The first-order valence-electron chi connectivity index (χ1n) is 7.16. The highest BCUT2D eigenvalue weighted by atomic mass is 16.6. The van der Waals surface area contributed by atoms with Crippen molar-refractivity contribution in [2.45, 2.75) is 77.1 Å². The molecule has 1 fully saturated rings. The Labute approximate surface area is 116 Å². The molecule has 0 spiro atoms. The van der Waals surface area contributed by atoms with Crippen LogP contribution in [0, 0.1) is 5.92 Å². The summed E-state index contributed by atoms with van der Waals surface area (Å²) in [5.41, 5.74) is -2.10. The number of ether oxygens (including phenoxy) is 2. The fourth-order valence-electron chi connectivity index (χ4n) is 3.34. The molecule has 1 saturated heterocycles. The molecule has 4 heteroatoms. The van der Waals surface area contributed by atoms with Gasteiger partial charge in [0.15, 0.2) is 0 Å². The van der Waals surface area contributed by atoms with Crippen LogP contribution >= 0.6 is 0 Å². The van der Waals surface area contributed by atoms with Crippen LogP contribution in [0.3, 0.4) is 0 Å². The van der Waals surface area contributed by atoms with Crippen molar-refractivity contribution in [3.05, 3.63) is 0 Å². The molecule has 0 unspecified atom stereocenters. The quantitative estimate of drug-likeness (QED) is 0.799. The zero-order valence-electron chi connectivity index (χ0n) is 13.1. The van der Waals surface area contributed by atoms with E-state index in [2.05, 4.69) is 0 Å². The molecule has 1 heterocycles. The van der Waals surface area contributed by atoms with Gasteiger partial charge in [-0.2, -0.15) is 0 Å². The van der Waals surface area contributed by atoms with Crippen LogP contribution in [-0.4, -0.2) is 35.0 Å². The van der Waals surface area contributed by atoms with Gasteiger partial charge in [0.05, 0.1) is 29.8 Å². The molecule has 0 aromatic rings. The van der Waals surface area contributed by atoms with E-state index in [0.29, 0.717) is 25.7 Å². The number of rotatable bonds is 4. The Kier molecular flexibility index (Phi) is 4.68. The molecule has 2 atom stereocenters. The maximum atomic E-state index is 11.8. The van der Waals surface area contributed by atoms with Crippen molar-refractivity contribution in [3.8, 4) is 0 Å². The molecule has 4 nitrogen and oxygen atoms in total. The lowest BCUT2D eigenvalue weighted by Crippen LogP contribution is -2.61. The van der Waals surface area contributed by atoms with E-state index in [1.807, 2.05) is 34.6 Å². The third-order valence-electron chi connectivity index (χ3n) is 4.88. The second-order valence-corrected chi connectivity index (χ2v) is 6.29. The Hall–Kier alpha value is -0.610. The van der Waals surface area contributed by atoms with Gasteiger partial charge >= 0.3 is 5.97 Å². The second kappa shape index (κ2) is 5.41. The minimum absolute atomic E-state index is 0.233. The van der Waals surface area contributed by atoms with E-state index in [0.717, 1.165) is 0 Å². The highest BCUT2D eigenvalue weighted by Gasteiger charge is 2.54. The number of hydrogen-bond acceptors (Lipinski definition) is 4. The summed E-state index contributed by atoms with van der Waals surface area (Å²) < 4.78 is 11.0. The van der Waals surface area contributed by atoms with Crippen molar-refractivity contribution in [2.24, 2.45) is 5.92 Å². The Morgan fingerprint density at radius 1 is 1.37 bits per heavy atom. The summed E-state index contributed by atoms with van der Waals surface area (Å²) in [4.78, 5) is 11.8. The summed E-state index contributed by atoms with van der Waals surface area (Å²) in [5.74, 6) is -0.507. The largest absolute Gasteiger partial charge is 0.469 e. The molecule has 1 rings (SSSR count). The Morgan fingerprint density at radius 3 is 2.26 bits per heavy atom. The predicted octanol–water partition coefficient (Wildman–Crippen LogP) is 2.67. The van der Waals surface area contributed by atoms with Crippen LogP contribution in [0.5, 0.6) is 0 Å². The molecule has 1 aliphatic heterocycles. The molecule has 0 aromatic heterocycles. The zero-order valence-corrected chi connectivity index (χ0v) is 13.1. The lowest BCUT2D eigenvalue weighted by molar-refractivity contribution is -0.265. The van der Waals surface area contributed by atoms with E-state index in [1.54, 1.807) is 0 Å².